The fourth-order valence-electron chi connectivity index (χ4n) is 2.00. The van der Waals surface area contributed by atoms with Crippen LogP contribution < -0.4 is 5.32 Å². The zero-order chi connectivity index (χ0) is 18.0. The van der Waals surface area contributed by atoms with Crippen LogP contribution in [0.3, 0.4) is 0 Å². The van der Waals surface area contributed by atoms with E-state index in [4.69, 9.17) is 0 Å². The van der Waals surface area contributed by atoms with Crippen molar-refractivity contribution in [2.75, 3.05) is 6.54 Å². The molecule has 0 unspecified atom stereocenters. The lowest BCUT2D eigenvalue weighted by Gasteiger charge is -2.06. The van der Waals surface area contributed by atoms with Gasteiger partial charge in [0.15, 0.2) is 5.82 Å². The number of nitrogens with zero attached hydrogens (tertiary/aromatic N) is 3. The van der Waals surface area contributed by atoms with Crippen LogP contribution in [0.25, 0.3) is 16.4 Å². The molecule has 130 valence electrons. The Morgan fingerprint density at radius 2 is 1.92 bits per heavy atom. The highest BCUT2D eigenvalue weighted by atomic mass is 32.1. The molecule has 0 bridgehead atoms. The van der Waals surface area contributed by atoms with Gasteiger partial charge in [0.2, 0.25) is 5.82 Å². The number of halogens is 4. The Bertz CT molecular complexity index is 872. The first kappa shape index (κ1) is 17.1. The molecular weight excluding hydrogens is 360 g/mol. The van der Waals surface area contributed by atoms with E-state index < -0.39 is 30.3 Å². The fourth-order valence-corrected chi connectivity index (χ4v) is 2.69. The number of rotatable bonds is 4. The van der Waals surface area contributed by atoms with Crippen molar-refractivity contribution < 1.29 is 22.4 Å². The van der Waals surface area contributed by atoms with Crippen molar-refractivity contribution in [3.63, 3.8) is 0 Å². The number of aromatic nitrogens is 3. The Morgan fingerprint density at radius 3 is 2.52 bits per heavy atom. The summed E-state index contributed by atoms with van der Waals surface area (Å²) in [6.07, 6.45) is -4.54. The van der Waals surface area contributed by atoms with Gasteiger partial charge in [-0.3, -0.25) is 4.79 Å². The van der Waals surface area contributed by atoms with Gasteiger partial charge in [-0.2, -0.15) is 13.2 Å². The number of carbonyl (C=O) groups is 1. The smallest absolute Gasteiger partial charge is 0.340 e. The van der Waals surface area contributed by atoms with Crippen molar-refractivity contribution in [1.29, 1.82) is 0 Å². The molecule has 2 aromatic heterocycles. The highest BCUT2D eigenvalue weighted by molar-refractivity contribution is 7.13. The monoisotopic (exact) mass is 370 g/mol. The molecule has 0 aliphatic heterocycles. The second-order valence-corrected chi connectivity index (χ2v) is 5.87. The predicted molar refractivity (Wildman–Crippen MR) is 83.0 cm³/mol. The molecule has 2 heterocycles. The van der Waals surface area contributed by atoms with E-state index in [1.54, 1.807) is 22.8 Å². The topological polar surface area (TPSA) is 59.8 Å². The van der Waals surface area contributed by atoms with E-state index in [2.05, 4.69) is 10.1 Å². The van der Waals surface area contributed by atoms with Crippen molar-refractivity contribution in [3.05, 3.63) is 53.4 Å². The average molecular weight is 370 g/mol. The highest BCUT2D eigenvalue weighted by Gasteiger charge is 2.29. The van der Waals surface area contributed by atoms with Gasteiger partial charge in [0, 0.05) is 0 Å². The number of hydrogen-bond donors (Lipinski definition) is 1. The molecule has 0 saturated carbocycles. The van der Waals surface area contributed by atoms with Crippen LogP contribution in [-0.2, 0) is 0 Å². The molecule has 1 amide bonds. The van der Waals surface area contributed by atoms with Gasteiger partial charge in [0.25, 0.3) is 5.91 Å². The summed E-state index contributed by atoms with van der Waals surface area (Å²) in [6, 6.07) is 8.76. The largest absolute Gasteiger partial charge is 0.405 e. The predicted octanol–water partition coefficient (Wildman–Crippen LogP) is 3.43. The maximum atomic E-state index is 13.1. The molecule has 0 spiro atoms. The SMILES string of the molecule is O=C(NCC(F)(F)F)c1nc(-c2cccs2)n(-c2ccc(F)cc2)n1. The third kappa shape index (κ3) is 4.02. The first-order valence-electron chi connectivity index (χ1n) is 6.95. The van der Waals surface area contributed by atoms with Crippen molar-refractivity contribution >= 4 is 17.2 Å². The van der Waals surface area contributed by atoms with Crippen LogP contribution in [0.2, 0.25) is 0 Å². The lowest BCUT2D eigenvalue weighted by Crippen LogP contribution is -2.34. The summed E-state index contributed by atoms with van der Waals surface area (Å²) in [4.78, 5) is 16.6. The van der Waals surface area contributed by atoms with E-state index in [1.165, 1.54) is 40.3 Å². The molecule has 0 radical (unpaired) electrons. The normalized spacial score (nSPS) is 11.5. The highest BCUT2D eigenvalue weighted by Crippen LogP contribution is 2.25. The summed E-state index contributed by atoms with van der Waals surface area (Å²) in [5.41, 5.74) is 0.423. The number of alkyl halides is 3. The minimum absolute atomic E-state index is 0.277. The summed E-state index contributed by atoms with van der Waals surface area (Å²) in [5.74, 6) is -1.63. The zero-order valence-corrected chi connectivity index (χ0v) is 13.2. The number of carbonyl (C=O) groups excluding carboxylic acids is 1. The van der Waals surface area contributed by atoms with Gasteiger partial charge in [0.1, 0.15) is 12.4 Å². The quantitative estimate of drug-likeness (QED) is 0.716. The number of benzene rings is 1. The molecule has 0 aliphatic rings. The summed E-state index contributed by atoms with van der Waals surface area (Å²) in [7, 11) is 0. The van der Waals surface area contributed by atoms with Gasteiger partial charge < -0.3 is 5.32 Å². The Morgan fingerprint density at radius 1 is 1.20 bits per heavy atom. The molecule has 10 heteroatoms. The molecule has 0 fully saturated rings. The summed E-state index contributed by atoms with van der Waals surface area (Å²) in [5, 5.41) is 7.48. The van der Waals surface area contributed by atoms with Crippen LogP contribution >= 0.6 is 11.3 Å². The maximum absolute atomic E-state index is 13.1. The maximum Gasteiger partial charge on any atom is 0.405 e. The Labute approximate surface area is 142 Å². The van der Waals surface area contributed by atoms with E-state index >= 15 is 0 Å². The fraction of sp³-hybridized carbons (Fsp3) is 0.133. The molecule has 1 aromatic carbocycles. The molecule has 5 nitrogen and oxygen atoms in total. The number of amides is 1. The van der Waals surface area contributed by atoms with Gasteiger partial charge in [-0.1, -0.05) is 6.07 Å². The first-order chi connectivity index (χ1) is 11.8. The number of nitrogens with one attached hydrogen (secondary N) is 1. The number of hydrogen-bond acceptors (Lipinski definition) is 4. The van der Waals surface area contributed by atoms with Crippen molar-refractivity contribution in [3.8, 4) is 16.4 Å². The lowest BCUT2D eigenvalue weighted by atomic mass is 10.3. The summed E-state index contributed by atoms with van der Waals surface area (Å²) < 4.78 is 51.1. The Kier molecular flexibility index (Phi) is 4.53. The molecule has 3 rings (SSSR count). The summed E-state index contributed by atoms with van der Waals surface area (Å²) in [6.45, 7) is -1.48. The molecule has 25 heavy (non-hydrogen) atoms. The van der Waals surface area contributed by atoms with Crippen molar-refractivity contribution in [2.45, 2.75) is 6.18 Å². The van der Waals surface area contributed by atoms with Crippen LogP contribution in [0.15, 0.2) is 41.8 Å². The first-order valence-corrected chi connectivity index (χ1v) is 7.83. The molecule has 0 saturated heterocycles. The lowest BCUT2D eigenvalue weighted by molar-refractivity contribution is -0.123. The second-order valence-electron chi connectivity index (χ2n) is 4.92. The minimum atomic E-state index is -4.54. The Balaban J connectivity index is 1.98. The van der Waals surface area contributed by atoms with Gasteiger partial charge in [-0.15, -0.1) is 16.4 Å². The molecule has 3 aromatic rings. The summed E-state index contributed by atoms with van der Waals surface area (Å²) >= 11 is 1.32. The van der Waals surface area contributed by atoms with E-state index in [9.17, 15) is 22.4 Å². The van der Waals surface area contributed by atoms with Crippen molar-refractivity contribution in [1.82, 2.24) is 20.1 Å². The van der Waals surface area contributed by atoms with Crippen molar-refractivity contribution in [2.24, 2.45) is 0 Å². The standard InChI is InChI=1S/C15H10F4N4OS/c16-9-3-5-10(6-4-9)23-13(11-2-1-7-25-11)21-12(22-23)14(24)20-8-15(17,18)19/h1-7H,8H2,(H,20,24). The van der Waals surface area contributed by atoms with Gasteiger partial charge >= 0.3 is 6.18 Å². The van der Waals surface area contributed by atoms with E-state index in [1.807, 2.05) is 0 Å². The minimum Gasteiger partial charge on any atom is -0.340 e. The molecule has 1 N–H and O–H groups in total. The van der Waals surface area contributed by atoms with Crippen LogP contribution in [0.1, 0.15) is 10.6 Å². The zero-order valence-electron chi connectivity index (χ0n) is 12.4. The van der Waals surface area contributed by atoms with Crippen LogP contribution in [0.5, 0.6) is 0 Å². The van der Waals surface area contributed by atoms with E-state index in [0.717, 1.165) is 0 Å². The van der Waals surface area contributed by atoms with Crippen LogP contribution in [0.4, 0.5) is 17.6 Å². The molecule has 0 atom stereocenters. The third-order valence-corrected chi connectivity index (χ3v) is 3.94. The Hall–Kier alpha value is -2.75. The molecule has 0 aliphatic carbocycles. The third-order valence-electron chi connectivity index (χ3n) is 3.07. The van der Waals surface area contributed by atoms with Gasteiger partial charge in [0.05, 0.1) is 10.6 Å². The van der Waals surface area contributed by atoms with Gasteiger partial charge in [-0.25, -0.2) is 14.1 Å². The van der Waals surface area contributed by atoms with Crippen LogP contribution in [0, 0.1) is 5.82 Å². The number of thiophene rings is 1. The van der Waals surface area contributed by atoms with E-state index in [-0.39, 0.29) is 5.82 Å². The second kappa shape index (κ2) is 6.63. The van der Waals surface area contributed by atoms with Gasteiger partial charge in [-0.05, 0) is 35.7 Å². The van der Waals surface area contributed by atoms with Crippen LogP contribution in [-0.4, -0.2) is 33.4 Å². The molecular formula is C15H10F4N4OS. The van der Waals surface area contributed by atoms with E-state index in [0.29, 0.717) is 10.6 Å². The average Bonchev–Trinajstić information content (AvgIpc) is 3.21.